The van der Waals surface area contributed by atoms with Gasteiger partial charge in [-0.3, -0.25) is 4.79 Å². The van der Waals surface area contributed by atoms with Crippen LogP contribution in [0.25, 0.3) is 11.1 Å². The molecule has 0 bridgehead atoms. The van der Waals surface area contributed by atoms with E-state index in [9.17, 15) is 13.2 Å². The SMILES string of the molecule is CCS(=O)(=O)c1ccc2nc(SCC(=O)NCc3ccc(C)cc3)oc2c1. The number of rotatable bonds is 7. The molecule has 3 aromatic rings. The number of benzene rings is 2. The molecule has 0 aliphatic heterocycles. The number of sulfone groups is 1. The molecule has 1 aromatic heterocycles. The molecule has 2 aromatic carbocycles. The molecule has 0 spiro atoms. The van der Waals surface area contributed by atoms with Crippen LogP contribution < -0.4 is 5.32 Å². The molecule has 0 saturated heterocycles. The van der Waals surface area contributed by atoms with Gasteiger partial charge in [-0.2, -0.15) is 0 Å². The Bertz CT molecular complexity index is 1060. The molecule has 8 heteroatoms. The summed E-state index contributed by atoms with van der Waals surface area (Å²) in [6.45, 7) is 4.07. The average Bonchev–Trinajstić information content (AvgIpc) is 3.08. The zero-order valence-corrected chi connectivity index (χ0v) is 16.7. The van der Waals surface area contributed by atoms with E-state index in [1.54, 1.807) is 13.0 Å². The highest BCUT2D eigenvalue weighted by Crippen LogP contribution is 2.25. The fourth-order valence-corrected chi connectivity index (χ4v) is 3.95. The topological polar surface area (TPSA) is 89.3 Å². The number of thioether (sulfide) groups is 1. The van der Waals surface area contributed by atoms with Crippen LogP contribution in [0.5, 0.6) is 0 Å². The predicted molar refractivity (Wildman–Crippen MR) is 105 cm³/mol. The summed E-state index contributed by atoms with van der Waals surface area (Å²) in [5, 5.41) is 3.19. The lowest BCUT2D eigenvalue weighted by Crippen LogP contribution is -2.24. The first-order valence-electron chi connectivity index (χ1n) is 8.46. The van der Waals surface area contributed by atoms with Crippen molar-refractivity contribution in [3.63, 3.8) is 0 Å². The maximum absolute atomic E-state index is 12.0. The Morgan fingerprint density at radius 1 is 1.19 bits per heavy atom. The number of hydrogen-bond donors (Lipinski definition) is 1. The monoisotopic (exact) mass is 404 g/mol. The van der Waals surface area contributed by atoms with Crippen molar-refractivity contribution in [3.05, 3.63) is 53.6 Å². The minimum absolute atomic E-state index is 0.0232. The van der Waals surface area contributed by atoms with Crippen LogP contribution in [0.15, 0.2) is 57.0 Å². The molecule has 27 heavy (non-hydrogen) atoms. The highest BCUT2D eigenvalue weighted by molar-refractivity contribution is 7.99. The van der Waals surface area contributed by atoms with E-state index in [-0.39, 0.29) is 22.3 Å². The third-order valence-corrected chi connectivity index (χ3v) is 6.58. The Balaban J connectivity index is 1.59. The van der Waals surface area contributed by atoms with Crippen LogP contribution in [0.4, 0.5) is 0 Å². The van der Waals surface area contributed by atoms with Gasteiger partial charge in [0.15, 0.2) is 15.4 Å². The Morgan fingerprint density at radius 2 is 1.93 bits per heavy atom. The number of carbonyl (C=O) groups is 1. The second-order valence-corrected chi connectivity index (χ2v) is 9.27. The van der Waals surface area contributed by atoms with Crippen LogP contribution in [0, 0.1) is 6.92 Å². The molecule has 1 amide bonds. The maximum Gasteiger partial charge on any atom is 0.257 e. The van der Waals surface area contributed by atoms with Gasteiger partial charge in [-0.15, -0.1) is 0 Å². The minimum atomic E-state index is -3.30. The largest absolute Gasteiger partial charge is 0.431 e. The summed E-state index contributed by atoms with van der Waals surface area (Å²) in [7, 11) is -3.30. The van der Waals surface area contributed by atoms with Crippen LogP contribution >= 0.6 is 11.8 Å². The van der Waals surface area contributed by atoms with E-state index in [0.717, 1.165) is 5.56 Å². The minimum Gasteiger partial charge on any atom is -0.431 e. The van der Waals surface area contributed by atoms with Crippen LogP contribution in [-0.2, 0) is 21.2 Å². The van der Waals surface area contributed by atoms with Gasteiger partial charge in [-0.1, -0.05) is 48.5 Å². The lowest BCUT2D eigenvalue weighted by atomic mass is 10.1. The number of nitrogens with zero attached hydrogens (tertiary/aromatic N) is 1. The number of aryl methyl sites for hydroxylation is 1. The van der Waals surface area contributed by atoms with Gasteiger partial charge in [0.05, 0.1) is 16.4 Å². The Hall–Kier alpha value is -2.32. The molecule has 6 nitrogen and oxygen atoms in total. The second kappa shape index (κ2) is 8.14. The fraction of sp³-hybridized carbons (Fsp3) is 0.263. The number of nitrogens with one attached hydrogen (secondary N) is 1. The Labute approximate surface area is 162 Å². The van der Waals surface area contributed by atoms with Crippen LogP contribution in [-0.4, -0.2) is 30.8 Å². The van der Waals surface area contributed by atoms with E-state index >= 15 is 0 Å². The third-order valence-electron chi connectivity index (χ3n) is 4.02. The summed E-state index contributed by atoms with van der Waals surface area (Å²) < 4.78 is 29.5. The van der Waals surface area contributed by atoms with Crippen molar-refractivity contribution in [1.82, 2.24) is 10.3 Å². The molecular formula is C19H20N2O4S2. The van der Waals surface area contributed by atoms with Crippen LogP contribution in [0.1, 0.15) is 18.1 Å². The molecule has 0 radical (unpaired) electrons. The highest BCUT2D eigenvalue weighted by atomic mass is 32.2. The van der Waals surface area contributed by atoms with Gasteiger partial charge in [0.2, 0.25) is 5.91 Å². The van der Waals surface area contributed by atoms with E-state index in [1.165, 1.54) is 29.5 Å². The normalized spacial score (nSPS) is 11.6. The summed E-state index contributed by atoms with van der Waals surface area (Å²) >= 11 is 1.17. The van der Waals surface area contributed by atoms with Gasteiger partial charge in [-0.25, -0.2) is 13.4 Å². The van der Waals surface area contributed by atoms with E-state index in [0.29, 0.717) is 22.9 Å². The zero-order valence-electron chi connectivity index (χ0n) is 15.1. The van der Waals surface area contributed by atoms with E-state index in [1.807, 2.05) is 31.2 Å². The van der Waals surface area contributed by atoms with Crippen molar-refractivity contribution in [2.24, 2.45) is 0 Å². The van der Waals surface area contributed by atoms with Gasteiger partial charge in [0.1, 0.15) is 5.52 Å². The first-order valence-corrected chi connectivity index (χ1v) is 11.1. The summed E-state index contributed by atoms with van der Waals surface area (Å²) in [6, 6.07) is 12.6. The Kier molecular flexibility index (Phi) is 5.86. The molecule has 142 valence electrons. The van der Waals surface area contributed by atoms with Crippen molar-refractivity contribution in [1.29, 1.82) is 0 Å². The summed E-state index contributed by atoms with van der Waals surface area (Å²) in [5.41, 5.74) is 3.16. The lowest BCUT2D eigenvalue weighted by molar-refractivity contribution is -0.118. The van der Waals surface area contributed by atoms with E-state index in [4.69, 9.17) is 4.42 Å². The van der Waals surface area contributed by atoms with Crippen molar-refractivity contribution < 1.29 is 17.6 Å². The number of aromatic nitrogens is 1. The molecule has 1 N–H and O–H groups in total. The number of fused-ring (bicyclic) bond motifs is 1. The predicted octanol–water partition coefficient (Wildman–Crippen LogP) is 3.34. The second-order valence-electron chi connectivity index (χ2n) is 6.06. The van der Waals surface area contributed by atoms with Crippen molar-refractivity contribution >= 4 is 38.6 Å². The molecule has 0 saturated carbocycles. The van der Waals surface area contributed by atoms with Crippen LogP contribution in [0.3, 0.4) is 0 Å². The lowest BCUT2D eigenvalue weighted by Gasteiger charge is -2.04. The summed E-state index contributed by atoms with van der Waals surface area (Å²) in [6.07, 6.45) is 0. The zero-order chi connectivity index (χ0) is 19.4. The van der Waals surface area contributed by atoms with E-state index in [2.05, 4.69) is 10.3 Å². The smallest absolute Gasteiger partial charge is 0.257 e. The molecule has 0 unspecified atom stereocenters. The number of carbonyl (C=O) groups excluding carboxylic acids is 1. The third kappa shape index (κ3) is 4.90. The number of oxazole rings is 1. The summed E-state index contributed by atoms with van der Waals surface area (Å²) in [4.78, 5) is 16.5. The Morgan fingerprint density at radius 3 is 2.63 bits per heavy atom. The van der Waals surface area contributed by atoms with Crippen molar-refractivity contribution in [2.45, 2.75) is 30.5 Å². The molecule has 3 rings (SSSR count). The average molecular weight is 405 g/mol. The molecule has 1 heterocycles. The standard InChI is InChI=1S/C19H20N2O4S2/c1-3-27(23,24)15-8-9-16-17(10-15)25-19(21-16)26-12-18(22)20-11-14-6-4-13(2)5-7-14/h4-10H,3,11-12H2,1-2H3,(H,20,22). The van der Waals surface area contributed by atoms with Gasteiger partial charge in [0.25, 0.3) is 5.22 Å². The van der Waals surface area contributed by atoms with Crippen molar-refractivity contribution in [3.8, 4) is 0 Å². The molecule has 0 aliphatic carbocycles. The first kappa shape index (κ1) is 19.4. The molecule has 0 atom stereocenters. The fourth-order valence-electron chi connectivity index (χ4n) is 2.39. The van der Waals surface area contributed by atoms with Crippen LogP contribution in [0.2, 0.25) is 0 Å². The maximum atomic E-state index is 12.0. The number of amides is 1. The highest BCUT2D eigenvalue weighted by Gasteiger charge is 2.15. The summed E-state index contributed by atoms with van der Waals surface area (Å²) in [5.74, 6) is 0.0610. The van der Waals surface area contributed by atoms with Crippen molar-refractivity contribution in [2.75, 3.05) is 11.5 Å². The first-order chi connectivity index (χ1) is 12.9. The quantitative estimate of drug-likeness (QED) is 0.608. The van der Waals surface area contributed by atoms with E-state index < -0.39 is 9.84 Å². The van der Waals surface area contributed by atoms with Gasteiger partial charge in [-0.05, 0) is 24.6 Å². The van der Waals surface area contributed by atoms with Gasteiger partial charge < -0.3 is 9.73 Å². The van der Waals surface area contributed by atoms with Gasteiger partial charge in [0, 0.05) is 12.6 Å². The number of hydrogen-bond acceptors (Lipinski definition) is 6. The molecule has 0 fully saturated rings. The molecular weight excluding hydrogens is 384 g/mol. The molecule has 0 aliphatic rings. The van der Waals surface area contributed by atoms with Gasteiger partial charge >= 0.3 is 0 Å².